The van der Waals surface area contributed by atoms with E-state index in [1.807, 2.05) is 12.4 Å². The Morgan fingerprint density at radius 1 is 1.44 bits per heavy atom. The molecular weight excluding hydrogens is 353 g/mol. The summed E-state index contributed by atoms with van der Waals surface area (Å²) >= 11 is 1.55. The van der Waals surface area contributed by atoms with Crippen LogP contribution in [0.5, 0.6) is 0 Å². The quantitative estimate of drug-likeness (QED) is 0.778. The molecule has 1 aliphatic heterocycles. The van der Waals surface area contributed by atoms with Crippen molar-refractivity contribution >= 4 is 23.4 Å². The van der Waals surface area contributed by atoms with Crippen molar-refractivity contribution < 1.29 is 18.0 Å². The van der Waals surface area contributed by atoms with E-state index in [9.17, 15) is 18.0 Å². The van der Waals surface area contributed by atoms with Crippen LogP contribution in [-0.2, 0) is 11.0 Å². The highest BCUT2D eigenvalue weighted by Crippen LogP contribution is 2.31. The highest BCUT2D eigenvalue weighted by atomic mass is 32.2. The minimum absolute atomic E-state index is 0.233. The van der Waals surface area contributed by atoms with Crippen molar-refractivity contribution in [1.82, 2.24) is 10.0 Å². The molecule has 1 aromatic carbocycles. The second-order valence-corrected chi connectivity index (χ2v) is 6.58. The van der Waals surface area contributed by atoms with Crippen molar-refractivity contribution in [3.05, 3.63) is 29.8 Å². The number of anilines is 1. The summed E-state index contributed by atoms with van der Waals surface area (Å²) in [4.78, 5) is 12.7. The lowest BCUT2D eigenvalue weighted by Gasteiger charge is -2.28. The summed E-state index contributed by atoms with van der Waals surface area (Å²) in [5.41, 5.74) is -0.537. The van der Waals surface area contributed by atoms with E-state index in [1.165, 1.54) is 22.2 Å². The maximum Gasteiger partial charge on any atom is 0.416 e. The number of alkyl halides is 3. The van der Waals surface area contributed by atoms with E-state index in [4.69, 9.17) is 5.26 Å². The highest BCUT2D eigenvalue weighted by Gasteiger charge is 2.33. The Morgan fingerprint density at radius 2 is 2.20 bits per heavy atom. The predicted octanol–water partition coefficient (Wildman–Crippen LogP) is 3.17. The Bertz CT molecular complexity index is 647. The number of hydrogen-bond acceptors (Lipinski definition) is 5. The first-order chi connectivity index (χ1) is 11.9. The third kappa shape index (κ3) is 4.95. The van der Waals surface area contributed by atoms with Gasteiger partial charge in [-0.1, -0.05) is 6.07 Å². The molecular formula is C16H19F3N4OS. The van der Waals surface area contributed by atoms with Gasteiger partial charge in [-0.15, -0.1) is 0 Å². The van der Waals surface area contributed by atoms with Crippen molar-refractivity contribution in [3.63, 3.8) is 0 Å². The van der Waals surface area contributed by atoms with Crippen molar-refractivity contribution in [1.29, 1.82) is 5.26 Å². The lowest BCUT2D eigenvalue weighted by molar-refractivity contribution is -0.140. The molecule has 1 unspecified atom stereocenters. The van der Waals surface area contributed by atoms with Crippen molar-refractivity contribution in [3.8, 4) is 6.19 Å². The first-order valence-electron chi connectivity index (χ1n) is 7.78. The van der Waals surface area contributed by atoms with Crippen LogP contribution in [0.4, 0.5) is 18.9 Å². The molecule has 1 aromatic rings. The molecule has 0 spiro atoms. The first-order valence-corrected chi connectivity index (χ1v) is 9.17. The standard InChI is InChI=1S/C16H19F3N4OS/c1-25-9-6-14(15(24)23-8-3-7-22(23)11-20)21-13-5-2-4-12(10-13)16(17,18)19/h2,4-5,10,14,21H,3,6-9H2,1H3. The van der Waals surface area contributed by atoms with Crippen LogP contribution < -0.4 is 5.32 Å². The van der Waals surface area contributed by atoms with E-state index < -0.39 is 17.8 Å². The Morgan fingerprint density at radius 3 is 2.84 bits per heavy atom. The number of nitrogens with one attached hydrogen (secondary N) is 1. The van der Waals surface area contributed by atoms with Crippen LogP contribution in [0.15, 0.2) is 24.3 Å². The molecule has 2 rings (SSSR count). The van der Waals surface area contributed by atoms with Crippen molar-refractivity contribution in [2.75, 3.05) is 30.4 Å². The summed E-state index contributed by atoms with van der Waals surface area (Å²) in [6, 6.07) is 4.09. The zero-order valence-electron chi connectivity index (χ0n) is 13.7. The number of carbonyl (C=O) groups is 1. The first kappa shape index (κ1) is 19.2. The maximum atomic E-state index is 12.9. The summed E-state index contributed by atoms with van der Waals surface area (Å²) in [6.45, 7) is 0.910. The number of hydrogen-bond donors (Lipinski definition) is 1. The van der Waals surface area contributed by atoms with Gasteiger partial charge in [-0.05, 0) is 43.0 Å². The lowest BCUT2D eigenvalue weighted by Crippen LogP contribution is -2.47. The van der Waals surface area contributed by atoms with Crippen molar-refractivity contribution in [2.24, 2.45) is 0 Å². The minimum atomic E-state index is -4.44. The van der Waals surface area contributed by atoms with Gasteiger partial charge in [0.15, 0.2) is 6.19 Å². The number of rotatable bonds is 6. The molecule has 0 saturated carbocycles. The van der Waals surface area contributed by atoms with Crippen LogP contribution in [0.3, 0.4) is 0 Å². The average molecular weight is 372 g/mol. The van der Waals surface area contributed by atoms with E-state index in [0.717, 1.165) is 12.1 Å². The fourth-order valence-corrected chi connectivity index (χ4v) is 3.08. The number of carbonyl (C=O) groups excluding carboxylic acids is 1. The molecule has 1 amide bonds. The number of nitriles is 1. The SMILES string of the molecule is CSCCC(Nc1cccc(C(F)(F)F)c1)C(=O)N1CCCN1C#N. The van der Waals surface area contributed by atoms with Gasteiger partial charge < -0.3 is 5.32 Å². The molecule has 1 heterocycles. The van der Waals surface area contributed by atoms with Gasteiger partial charge in [0.25, 0.3) is 5.91 Å². The van der Waals surface area contributed by atoms with Gasteiger partial charge >= 0.3 is 6.18 Å². The monoisotopic (exact) mass is 372 g/mol. The van der Waals surface area contributed by atoms with E-state index in [2.05, 4.69) is 5.32 Å². The van der Waals surface area contributed by atoms with Crippen LogP contribution in [0.2, 0.25) is 0 Å². The Hall–Kier alpha value is -2.08. The number of hydrazine groups is 1. The molecule has 9 heteroatoms. The summed E-state index contributed by atoms with van der Waals surface area (Å²) in [6.07, 6.45) is 0.549. The minimum Gasteiger partial charge on any atom is -0.374 e. The number of halogens is 3. The average Bonchev–Trinajstić information content (AvgIpc) is 3.06. The van der Waals surface area contributed by atoms with Crippen LogP contribution in [0.25, 0.3) is 0 Å². The smallest absolute Gasteiger partial charge is 0.374 e. The van der Waals surface area contributed by atoms with Gasteiger partial charge in [-0.3, -0.25) is 4.79 Å². The molecule has 0 radical (unpaired) electrons. The maximum absolute atomic E-state index is 12.9. The molecule has 25 heavy (non-hydrogen) atoms. The molecule has 1 aliphatic rings. The highest BCUT2D eigenvalue weighted by molar-refractivity contribution is 7.98. The molecule has 1 N–H and O–H groups in total. The molecule has 0 aliphatic carbocycles. The van der Waals surface area contributed by atoms with Crippen LogP contribution in [0.1, 0.15) is 18.4 Å². The third-order valence-corrected chi connectivity index (χ3v) is 4.48. The number of nitrogens with zero attached hydrogens (tertiary/aromatic N) is 3. The fourth-order valence-electron chi connectivity index (χ4n) is 2.60. The second kappa shape index (κ2) is 8.34. The fraction of sp³-hybridized carbons (Fsp3) is 0.500. The Labute approximate surface area is 148 Å². The lowest BCUT2D eigenvalue weighted by atomic mass is 10.1. The van der Waals surface area contributed by atoms with Crippen molar-refractivity contribution in [2.45, 2.75) is 25.1 Å². The number of thioether (sulfide) groups is 1. The van der Waals surface area contributed by atoms with Gasteiger partial charge in [0.1, 0.15) is 6.04 Å². The summed E-state index contributed by atoms with van der Waals surface area (Å²) in [5.74, 6) is 0.369. The molecule has 136 valence electrons. The van der Waals surface area contributed by atoms with Gasteiger partial charge in [0, 0.05) is 12.2 Å². The molecule has 1 atom stereocenters. The number of amides is 1. The van der Waals surface area contributed by atoms with E-state index in [0.29, 0.717) is 31.7 Å². The van der Waals surface area contributed by atoms with Gasteiger partial charge in [0.2, 0.25) is 0 Å². The Kier molecular flexibility index (Phi) is 6.42. The molecule has 1 saturated heterocycles. The normalized spacial score (nSPS) is 15.8. The third-order valence-electron chi connectivity index (χ3n) is 3.84. The van der Waals surface area contributed by atoms with Crippen LogP contribution >= 0.6 is 11.8 Å². The predicted molar refractivity (Wildman–Crippen MR) is 90.5 cm³/mol. The van der Waals surface area contributed by atoms with Gasteiger partial charge in [0.05, 0.1) is 12.1 Å². The summed E-state index contributed by atoms with van der Waals surface area (Å²) in [5, 5.41) is 14.7. The number of benzene rings is 1. The molecule has 5 nitrogen and oxygen atoms in total. The Balaban J connectivity index is 2.18. The summed E-state index contributed by atoms with van der Waals surface area (Å²) in [7, 11) is 0. The van der Waals surface area contributed by atoms with E-state index in [1.54, 1.807) is 11.8 Å². The summed E-state index contributed by atoms with van der Waals surface area (Å²) < 4.78 is 38.6. The molecule has 1 fully saturated rings. The van der Waals surface area contributed by atoms with Crippen LogP contribution in [0, 0.1) is 11.5 Å². The van der Waals surface area contributed by atoms with Crippen LogP contribution in [-0.4, -0.2) is 47.1 Å². The van der Waals surface area contributed by atoms with E-state index in [-0.39, 0.29) is 11.6 Å². The second-order valence-electron chi connectivity index (χ2n) is 5.60. The van der Waals surface area contributed by atoms with Gasteiger partial charge in [-0.25, -0.2) is 10.0 Å². The zero-order chi connectivity index (χ0) is 18.4. The van der Waals surface area contributed by atoms with E-state index >= 15 is 0 Å². The largest absolute Gasteiger partial charge is 0.416 e. The van der Waals surface area contributed by atoms with Gasteiger partial charge in [-0.2, -0.15) is 30.2 Å². The molecule has 0 bridgehead atoms. The zero-order valence-corrected chi connectivity index (χ0v) is 14.5. The topological polar surface area (TPSA) is 59.4 Å². The molecule has 0 aromatic heterocycles.